The summed E-state index contributed by atoms with van der Waals surface area (Å²) < 4.78 is 24.4. The maximum absolute atomic E-state index is 13.4. The van der Waals surface area contributed by atoms with Crippen molar-refractivity contribution in [1.82, 2.24) is 5.32 Å². The molecule has 0 saturated heterocycles. The van der Waals surface area contributed by atoms with Crippen LogP contribution in [0.15, 0.2) is 54.6 Å². The molecule has 6 nitrogen and oxygen atoms in total. The molecule has 0 fully saturated rings. The van der Waals surface area contributed by atoms with Gasteiger partial charge in [-0.15, -0.1) is 0 Å². The lowest BCUT2D eigenvalue weighted by Crippen LogP contribution is -2.41. The first-order valence-corrected chi connectivity index (χ1v) is 13.9. The first kappa shape index (κ1) is 26.0. The van der Waals surface area contributed by atoms with E-state index in [-0.39, 0.29) is 32.0 Å². The fourth-order valence-electron chi connectivity index (χ4n) is 4.13. The number of urea groups is 1. The lowest BCUT2D eigenvalue weighted by Gasteiger charge is -2.33. The summed E-state index contributed by atoms with van der Waals surface area (Å²) in [6.07, 6.45) is 0.0190. The summed E-state index contributed by atoms with van der Waals surface area (Å²) in [6, 6.07) is 15.8. The minimum Gasteiger partial charge on any atom is -0.333 e. The van der Waals surface area contributed by atoms with Crippen LogP contribution >= 0.6 is 42.4 Å². The van der Waals surface area contributed by atoms with Crippen LogP contribution < -0.4 is 10.2 Å². The smallest absolute Gasteiger partial charge is 0.333 e. The van der Waals surface area contributed by atoms with E-state index in [2.05, 4.69) is 5.32 Å². The molecule has 1 aliphatic heterocycles. The molecule has 0 radical (unpaired) electrons. The number of nitrogens with one attached hydrogen (secondary N) is 1. The van der Waals surface area contributed by atoms with Gasteiger partial charge in [-0.2, -0.15) is 0 Å². The largest absolute Gasteiger partial charge is 0.335 e. The lowest BCUT2D eigenvalue weighted by atomic mass is 9.94. The average Bonchev–Trinajstić information content (AvgIpc) is 2.80. The Balaban J connectivity index is 1.97. The molecule has 0 atom stereocenters. The Bertz CT molecular complexity index is 1290. The van der Waals surface area contributed by atoms with E-state index in [1.165, 1.54) is 4.90 Å². The highest BCUT2D eigenvalue weighted by atomic mass is 35.5. The summed E-state index contributed by atoms with van der Waals surface area (Å²) in [5.74, 6) is 0. The number of para-hydroxylation sites is 1. The molecule has 0 aliphatic carbocycles. The molecule has 2 amide bonds. The SMILES string of the molecule is CCOP(=O)(Cc1cc(-c2ccccc2Cl)c2c(c1)N(c1c(Cl)cccc1Cl)C(=O)NC2)OCC. The van der Waals surface area contributed by atoms with Crippen molar-refractivity contribution in [2.24, 2.45) is 0 Å². The molecular weight excluding hydrogens is 530 g/mol. The number of carbonyl (C=O) groups excluding carboxylic acids is 1. The molecule has 0 saturated carbocycles. The van der Waals surface area contributed by atoms with Crippen LogP contribution in [-0.4, -0.2) is 19.2 Å². The number of anilines is 2. The van der Waals surface area contributed by atoms with Crippen molar-refractivity contribution in [3.05, 3.63) is 80.8 Å². The van der Waals surface area contributed by atoms with Gasteiger partial charge in [-0.3, -0.25) is 9.46 Å². The van der Waals surface area contributed by atoms with Crippen molar-refractivity contribution in [2.45, 2.75) is 26.6 Å². The summed E-state index contributed by atoms with van der Waals surface area (Å²) in [7, 11) is -3.43. The van der Waals surface area contributed by atoms with Gasteiger partial charge >= 0.3 is 13.6 Å². The number of hydrogen-bond acceptors (Lipinski definition) is 4. The predicted molar refractivity (Wildman–Crippen MR) is 142 cm³/mol. The maximum atomic E-state index is 13.4. The molecule has 4 rings (SSSR count). The molecule has 3 aromatic rings. The van der Waals surface area contributed by atoms with Crippen LogP contribution in [0, 0.1) is 0 Å². The number of benzene rings is 3. The Hall–Kier alpha value is -2.05. The fourth-order valence-corrected chi connectivity index (χ4v) is 6.61. The highest BCUT2D eigenvalue weighted by Gasteiger charge is 2.33. The van der Waals surface area contributed by atoms with Gasteiger partial charge < -0.3 is 14.4 Å². The third-order valence-corrected chi connectivity index (χ3v) is 8.49. The van der Waals surface area contributed by atoms with E-state index in [9.17, 15) is 9.36 Å². The maximum Gasteiger partial charge on any atom is 0.335 e. The zero-order valence-corrected chi connectivity index (χ0v) is 22.3. The summed E-state index contributed by atoms with van der Waals surface area (Å²) in [5.41, 5.74) is 3.96. The highest BCUT2D eigenvalue weighted by Crippen LogP contribution is 2.53. The van der Waals surface area contributed by atoms with Gasteiger partial charge in [0, 0.05) is 22.7 Å². The Morgan fingerprint density at radius 2 is 1.54 bits per heavy atom. The van der Waals surface area contributed by atoms with Crippen molar-refractivity contribution in [3.63, 3.8) is 0 Å². The number of amides is 2. The van der Waals surface area contributed by atoms with Gasteiger partial charge in [0.05, 0.1) is 40.8 Å². The lowest BCUT2D eigenvalue weighted by molar-refractivity contribution is 0.219. The third kappa shape index (κ3) is 5.39. The zero-order chi connectivity index (χ0) is 25.2. The van der Waals surface area contributed by atoms with E-state index < -0.39 is 7.60 Å². The summed E-state index contributed by atoms with van der Waals surface area (Å²) in [6.45, 7) is 4.27. The number of rotatable bonds is 8. The molecule has 1 aliphatic rings. The van der Waals surface area contributed by atoms with Gasteiger partial charge in [0.25, 0.3) is 0 Å². The van der Waals surface area contributed by atoms with Gasteiger partial charge in [-0.25, -0.2) is 4.79 Å². The van der Waals surface area contributed by atoms with Gasteiger partial charge in [-0.05, 0) is 55.3 Å². The van der Waals surface area contributed by atoms with Crippen LogP contribution in [0.1, 0.15) is 25.0 Å². The number of hydrogen-bond donors (Lipinski definition) is 1. The molecule has 0 aromatic heterocycles. The summed E-state index contributed by atoms with van der Waals surface area (Å²) in [5, 5.41) is 4.08. The number of halogens is 3. The first-order chi connectivity index (χ1) is 16.8. The predicted octanol–water partition coefficient (Wildman–Crippen LogP) is 8.44. The second-order valence-electron chi connectivity index (χ2n) is 7.79. The Labute approximate surface area is 219 Å². The fraction of sp³-hybridized carbons (Fsp3) is 0.240. The molecule has 1 heterocycles. The Morgan fingerprint density at radius 1 is 0.914 bits per heavy atom. The number of nitrogens with zero attached hydrogens (tertiary/aromatic N) is 1. The van der Waals surface area contributed by atoms with E-state index in [1.54, 1.807) is 44.2 Å². The van der Waals surface area contributed by atoms with Crippen molar-refractivity contribution in [2.75, 3.05) is 18.1 Å². The van der Waals surface area contributed by atoms with Crippen LogP contribution in [0.3, 0.4) is 0 Å². The Morgan fingerprint density at radius 3 is 2.17 bits per heavy atom. The van der Waals surface area contributed by atoms with E-state index >= 15 is 0 Å². The summed E-state index contributed by atoms with van der Waals surface area (Å²) >= 11 is 19.6. The standard InChI is InChI=1S/C25H24Cl3N2O4P/c1-3-33-35(32,34-4-2)15-16-12-18(17-8-5-6-9-20(17)26)19-14-29-25(31)30(23(19)13-16)24-21(27)10-7-11-22(24)28/h5-13H,3-4,14-15H2,1-2H3,(H,29,31). The van der Waals surface area contributed by atoms with Gasteiger partial charge in [0.2, 0.25) is 0 Å². The second kappa shape index (κ2) is 10.9. The molecule has 0 bridgehead atoms. The van der Waals surface area contributed by atoms with Crippen LogP contribution in [0.5, 0.6) is 0 Å². The number of carbonyl (C=O) groups is 1. The molecule has 1 N–H and O–H groups in total. The zero-order valence-electron chi connectivity index (χ0n) is 19.2. The van der Waals surface area contributed by atoms with Crippen LogP contribution in [0.4, 0.5) is 16.2 Å². The van der Waals surface area contributed by atoms with Crippen molar-refractivity contribution in [3.8, 4) is 11.1 Å². The quantitative estimate of drug-likeness (QED) is 0.284. The normalized spacial score (nSPS) is 13.5. The van der Waals surface area contributed by atoms with Gasteiger partial charge in [0.1, 0.15) is 0 Å². The molecule has 0 spiro atoms. The first-order valence-electron chi connectivity index (χ1n) is 11.1. The van der Waals surface area contributed by atoms with Crippen LogP contribution in [-0.2, 0) is 26.3 Å². The number of fused-ring (bicyclic) bond motifs is 1. The van der Waals surface area contributed by atoms with Gasteiger partial charge in [-0.1, -0.05) is 59.1 Å². The Kier molecular flexibility index (Phi) is 8.12. The summed E-state index contributed by atoms with van der Waals surface area (Å²) in [4.78, 5) is 14.6. The van der Waals surface area contributed by atoms with E-state index in [4.69, 9.17) is 43.9 Å². The van der Waals surface area contributed by atoms with Crippen molar-refractivity contribution >= 4 is 59.8 Å². The molecule has 3 aromatic carbocycles. The molecule has 10 heteroatoms. The third-order valence-electron chi connectivity index (χ3n) is 5.50. The van der Waals surface area contributed by atoms with Crippen LogP contribution in [0.2, 0.25) is 15.1 Å². The topological polar surface area (TPSA) is 67.9 Å². The van der Waals surface area contributed by atoms with Crippen molar-refractivity contribution < 1.29 is 18.4 Å². The van der Waals surface area contributed by atoms with E-state index in [0.717, 1.165) is 16.7 Å². The van der Waals surface area contributed by atoms with Gasteiger partial charge in [0.15, 0.2) is 0 Å². The average molecular weight is 554 g/mol. The monoisotopic (exact) mass is 552 g/mol. The van der Waals surface area contributed by atoms with E-state index in [0.29, 0.717) is 32.0 Å². The minimum absolute atomic E-state index is 0.0190. The molecule has 184 valence electrons. The van der Waals surface area contributed by atoms with E-state index in [1.807, 2.05) is 24.3 Å². The second-order valence-corrected chi connectivity index (χ2v) is 11.1. The minimum atomic E-state index is -3.43. The van der Waals surface area contributed by atoms with Crippen molar-refractivity contribution in [1.29, 1.82) is 0 Å². The molecule has 35 heavy (non-hydrogen) atoms. The van der Waals surface area contributed by atoms with Crippen LogP contribution in [0.25, 0.3) is 11.1 Å². The molecular formula is C25H24Cl3N2O4P. The highest BCUT2D eigenvalue weighted by molar-refractivity contribution is 7.53. The molecule has 0 unspecified atom stereocenters.